The Morgan fingerprint density at radius 3 is 2.63 bits per heavy atom. The Morgan fingerprint density at radius 1 is 1.23 bits per heavy atom. The minimum Gasteiger partial charge on any atom is -0.366 e. The van der Waals surface area contributed by atoms with Gasteiger partial charge in [0, 0.05) is 36.4 Å². The van der Waals surface area contributed by atoms with E-state index in [2.05, 4.69) is 25.4 Å². The molecule has 3 N–H and O–H groups in total. The van der Waals surface area contributed by atoms with Crippen LogP contribution in [0.1, 0.15) is 34.4 Å². The van der Waals surface area contributed by atoms with Crippen molar-refractivity contribution in [2.45, 2.75) is 26.3 Å². The third-order valence-corrected chi connectivity index (χ3v) is 5.03. The van der Waals surface area contributed by atoms with Crippen LogP contribution in [0, 0.1) is 19.7 Å². The summed E-state index contributed by atoms with van der Waals surface area (Å²) in [5, 5.41) is 7.14. The summed E-state index contributed by atoms with van der Waals surface area (Å²) >= 11 is 0. The van der Waals surface area contributed by atoms with Gasteiger partial charge in [-0.05, 0) is 31.5 Å². The van der Waals surface area contributed by atoms with Crippen molar-refractivity contribution in [2.75, 3.05) is 5.73 Å². The minimum absolute atomic E-state index is 0.0858. The van der Waals surface area contributed by atoms with Crippen LogP contribution in [0.2, 0.25) is 0 Å². The Morgan fingerprint density at radius 2 is 1.97 bits per heavy atom. The molecular weight excluding hydrogens is 387 g/mol. The SMILES string of the molecule is Cc1nc2nc(N)nn2c(C)c1CC(=O)NC(c1ccc(F)cc1)c1nccn1C. The molecule has 1 aromatic carbocycles. The first kappa shape index (κ1) is 19.5. The van der Waals surface area contributed by atoms with E-state index in [0.717, 1.165) is 16.8 Å². The Bertz CT molecular complexity index is 1230. The maximum atomic E-state index is 13.4. The molecule has 1 amide bonds. The lowest BCUT2D eigenvalue weighted by Gasteiger charge is -2.20. The predicted molar refractivity (Wildman–Crippen MR) is 108 cm³/mol. The third kappa shape index (κ3) is 3.59. The summed E-state index contributed by atoms with van der Waals surface area (Å²) in [7, 11) is 1.84. The van der Waals surface area contributed by atoms with Crippen molar-refractivity contribution in [3.8, 4) is 0 Å². The van der Waals surface area contributed by atoms with Crippen molar-refractivity contribution < 1.29 is 9.18 Å². The number of halogens is 1. The summed E-state index contributed by atoms with van der Waals surface area (Å²) in [5.74, 6) is 0.580. The molecule has 9 nitrogen and oxygen atoms in total. The average molecular weight is 408 g/mol. The van der Waals surface area contributed by atoms with Crippen molar-refractivity contribution in [1.82, 2.24) is 34.4 Å². The maximum Gasteiger partial charge on any atom is 0.254 e. The van der Waals surface area contributed by atoms with Crippen molar-refractivity contribution >= 4 is 17.6 Å². The lowest BCUT2D eigenvalue weighted by atomic mass is 10.0. The number of fused-ring (bicyclic) bond motifs is 1. The second-order valence-corrected chi connectivity index (χ2v) is 7.07. The molecule has 0 aliphatic carbocycles. The van der Waals surface area contributed by atoms with Gasteiger partial charge in [-0.15, -0.1) is 5.10 Å². The minimum atomic E-state index is -0.530. The number of aromatic nitrogens is 6. The Kier molecular flexibility index (Phi) is 4.90. The smallest absolute Gasteiger partial charge is 0.254 e. The summed E-state index contributed by atoms with van der Waals surface area (Å²) in [6.07, 6.45) is 3.53. The molecular formula is C20H21FN8O. The standard InChI is InChI=1S/C20H21FN8O/c1-11-15(12(2)29-20(24-11)26-19(22)27-29)10-16(30)25-17(18-23-8-9-28(18)3)13-4-6-14(21)7-5-13/h4-9,17H,10H2,1-3H3,(H2,22,27)(H,25,30). The molecule has 0 bridgehead atoms. The van der Waals surface area contributed by atoms with E-state index in [1.807, 2.05) is 25.5 Å². The number of carbonyl (C=O) groups is 1. The highest BCUT2D eigenvalue weighted by molar-refractivity contribution is 5.80. The number of anilines is 1. The number of hydrogen-bond donors (Lipinski definition) is 2. The van der Waals surface area contributed by atoms with Gasteiger partial charge in [-0.3, -0.25) is 4.79 Å². The quantitative estimate of drug-likeness (QED) is 0.519. The molecule has 0 saturated carbocycles. The molecule has 0 fully saturated rings. The Hall–Kier alpha value is -3.82. The van der Waals surface area contributed by atoms with Gasteiger partial charge in [0.2, 0.25) is 11.9 Å². The molecule has 1 atom stereocenters. The largest absolute Gasteiger partial charge is 0.366 e. The number of imidazole rings is 1. The van der Waals surface area contributed by atoms with E-state index in [1.165, 1.54) is 16.6 Å². The van der Waals surface area contributed by atoms with Crippen LogP contribution in [0.25, 0.3) is 5.78 Å². The van der Waals surface area contributed by atoms with Gasteiger partial charge in [-0.2, -0.15) is 9.50 Å². The monoisotopic (exact) mass is 408 g/mol. The van der Waals surface area contributed by atoms with Gasteiger partial charge in [0.25, 0.3) is 5.78 Å². The molecule has 0 aliphatic heterocycles. The number of nitrogen functional groups attached to an aromatic ring is 1. The fourth-order valence-electron chi connectivity index (χ4n) is 3.46. The van der Waals surface area contributed by atoms with Gasteiger partial charge in [0.05, 0.1) is 6.42 Å². The van der Waals surface area contributed by atoms with Crippen LogP contribution in [0.4, 0.5) is 10.3 Å². The molecule has 0 saturated heterocycles. The molecule has 3 aromatic heterocycles. The zero-order valence-electron chi connectivity index (χ0n) is 16.8. The van der Waals surface area contributed by atoms with Crippen molar-refractivity contribution in [3.63, 3.8) is 0 Å². The number of hydrogen-bond acceptors (Lipinski definition) is 6. The van der Waals surface area contributed by atoms with Gasteiger partial charge < -0.3 is 15.6 Å². The van der Waals surface area contributed by atoms with E-state index in [-0.39, 0.29) is 24.1 Å². The molecule has 0 aliphatic rings. The summed E-state index contributed by atoms with van der Waals surface area (Å²) < 4.78 is 16.7. The zero-order valence-corrected chi connectivity index (χ0v) is 16.8. The zero-order chi connectivity index (χ0) is 21.4. The number of nitrogens with zero attached hydrogens (tertiary/aromatic N) is 6. The maximum absolute atomic E-state index is 13.4. The first-order chi connectivity index (χ1) is 14.3. The number of nitrogens with one attached hydrogen (secondary N) is 1. The van der Waals surface area contributed by atoms with E-state index < -0.39 is 6.04 Å². The molecule has 0 radical (unpaired) electrons. The average Bonchev–Trinajstić information content (AvgIpc) is 3.29. The van der Waals surface area contributed by atoms with Crippen molar-refractivity contribution in [1.29, 1.82) is 0 Å². The van der Waals surface area contributed by atoms with Crippen LogP contribution in [-0.2, 0) is 18.3 Å². The van der Waals surface area contributed by atoms with Crippen LogP contribution >= 0.6 is 0 Å². The molecule has 4 aromatic rings. The number of aryl methyl sites for hydroxylation is 3. The van der Waals surface area contributed by atoms with E-state index in [9.17, 15) is 9.18 Å². The highest BCUT2D eigenvalue weighted by Gasteiger charge is 2.22. The molecule has 4 rings (SSSR count). The Labute approximate surface area is 171 Å². The number of benzene rings is 1. The summed E-state index contributed by atoms with van der Waals surface area (Å²) in [5.41, 5.74) is 8.56. The normalized spacial score (nSPS) is 12.3. The third-order valence-electron chi connectivity index (χ3n) is 5.03. The second kappa shape index (κ2) is 7.54. The second-order valence-electron chi connectivity index (χ2n) is 7.07. The first-order valence-corrected chi connectivity index (χ1v) is 9.34. The topological polar surface area (TPSA) is 116 Å². The van der Waals surface area contributed by atoms with Gasteiger partial charge in [-0.1, -0.05) is 12.1 Å². The molecule has 10 heteroatoms. The highest BCUT2D eigenvalue weighted by Crippen LogP contribution is 2.22. The van der Waals surface area contributed by atoms with Crippen LogP contribution in [0.5, 0.6) is 0 Å². The van der Waals surface area contributed by atoms with Crippen LogP contribution in [0.3, 0.4) is 0 Å². The fourth-order valence-corrected chi connectivity index (χ4v) is 3.46. The molecule has 1 unspecified atom stereocenters. The van der Waals surface area contributed by atoms with Crippen LogP contribution in [0.15, 0.2) is 36.7 Å². The number of carbonyl (C=O) groups excluding carboxylic acids is 1. The predicted octanol–water partition coefficient (Wildman–Crippen LogP) is 1.64. The molecule has 154 valence electrons. The van der Waals surface area contributed by atoms with Crippen molar-refractivity contribution in [2.24, 2.45) is 7.05 Å². The highest BCUT2D eigenvalue weighted by atomic mass is 19.1. The fraction of sp³-hybridized carbons (Fsp3) is 0.250. The molecule has 3 heterocycles. The van der Waals surface area contributed by atoms with Crippen molar-refractivity contribution in [3.05, 3.63) is 70.8 Å². The van der Waals surface area contributed by atoms with Crippen LogP contribution in [-0.4, -0.2) is 35.0 Å². The molecule has 0 spiro atoms. The van der Waals surface area contributed by atoms with Gasteiger partial charge in [0.1, 0.15) is 17.7 Å². The van der Waals surface area contributed by atoms with Gasteiger partial charge in [-0.25, -0.2) is 14.4 Å². The first-order valence-electron chi connectivity index (χ1n) is 9.34. The van der Waals surface area contributed by atoms with Crippen LogP contribution < -0.4 is 11.1 Å². The number of amides is 1. The summed E-state index contributed by atoms with van der Waals surface area (Å²) in [4.78, 5) is 25.8. The summed E-state index contributed by atoms with van der Waals surface area (Å²) in [6.45, 7) is 3.66. The molecule has 30 heavy (non-hydrogen) atoms. The number of nitrogens with two attached hydrogens (primary N) is 1. The van der Waals surface area contributed by atoms with E-state index in [0.29, 0.717) is 17.3 Å². The van der Waals surface area contributed by atoms with Gasteiger partial charge >= 0.3 is 0 Å². The van der Waals surface area contributed by atoms with E-state index in [4.69, 9.17) is 5.73 Å². The van der Waals surface area contributed by atoms with Gasteiger partial charge in [0.15, 0.2) is 0 Å². The van der Waals surface area contributed by atoms with E-state index >= 15 is 0 Å². The number of rotatable bonds is 5. The van der Waals surface area contributed by atoms with E-state index in [1.54, 1.807) is 24.5 Å². The summed E-state index contributed by atoms with van der Waals surface area (Å²) in [6, 6.07) is 5.46. The lowest BCUT2D eigenvalue weighted by molar-refractivity contribution is -0.121. The Balaban J connectivity index is 1.64. The lowest BCUT2D eigenvalue weighted by Crippen LogP contribution is -2.32.